The molecule has 2 N–H and O–H groups in total. The van der Waals surface area contributed by atoms with Crippen molar-refractivity contribution in [3.05, 3.63) is 58.1 Å². The molecule has 0 saturated carbocycles. The van der Waals surface area contributed by atoms with Crippen LogP contribution in [0.25, 0.3) is 0 Å². The highest BCUT2D eigenvalue weighted by Crippen LogP contribution is 2.36. The molecule has 0 amide bonds. The molecule has 5 nitrogen and oxygen atoms in total. The van der Waals surface area contributed by atoms with E-state index in [1.165, 1.54) is 17.3 Å². The smallest absolute Gasteiger partial charge is 0.180 e. The normalized spacial score (nSPS) is 12.0. The maximum absolute atomic E-state index is 5.91. The maximum atomic E-state index is 5.91. The number of nitrogens with zero attached hydrogens (tertiary/aromatic N) is 2. The van der Waals surface area contributed by atoms with E-state index in [0.29, 0.717) is 29.2 Å². The second-order valence-corrected chi connectivity index (χ2v) is 8.05. The molecule has 0 unspecified atom stereocenters. The van der Waals surface area contributed by atoms with Crippen LogP contribution in [0.3, 0.4) is 0 Å². The number of benzene rings is 2. The maximum Gasteiger partial charge on any atom is 0.180 e. The number of methoxy groups -OCH3 is 1. The van der Waals surface area contributed by atoms with Crippen LogP contribution in [0.2, 0.25) is 0 Å². The van der Waals surface area contributed by atoms with Crippen molar-refractivity contribution >= 4 is 39.1 Å². The van der Waals surface area contributed by atoms with Gasteiger partial charge in [-0.15, -0.1) is 5.10 Å². The summed E-state index contributed by atoms with van der Waals surface area (Å²) in [6.07, 6.45) is 1.63. The molecule has 0 saturated heterocycles. The Morgan fingerprint density at radius 2 is 2.00 bits per heavy atom. The number of hydrogen-bond donors (Lipinski definition) is 1. The number of halogens is 1. The first-order valence-corrected chi connectivity index (χ1v) is 10.3. The van der Waals surface area contributed by atoms with E-state index in [-0.39, 0.29) is 0 Å². The minimum absolute atomic E-state index is 0.415. The summed E-state index contributed by atoms with van der Waals surface area (Å²) in [6, 6.07) is 13.9. The van der Waals surface area contributed by atoms with Crippen molar-refractivity contribution in [2.45, 2.75) is 19.6 Å². The summed E-state index contributed by atoms with van der Waals surface area (Å²) in [4.78, 5) is 0. The van der Waals surface area contributed by atoms with Crippen molar-refractivity contribution in [1.29, 1.82) is 0 Å². The fourth-order valence-corrected chi connectivity index (χ4v) is 3.30. The number of thioether (sulfide) groups is 1. The minimum Gasteiger partial charge on any atom is -0.493 e. The third-order valence-electron chi connectivity index (χ3n) is 3.41. The molecular formula is C20H24BrN3O2S. The number of ether oxygens (including phenoxy) is 2. The highest BCUT2D eigenvalue weighted by molar-refractivity contribution is 9.10. The van der Waals surface area contributed by atoms with Gasteiger partial charge in [-0.1, -0.05) is 55.9 Å². The Morgan fingerprint density at radius 3 is 2.67 bits per heavy atom. The Bertz CT molecular complexity index is 795. The first-order valence-electron chi connectivity index (χ1n) is 8.53. The monoisotopic (exact) mass is 449 g/mol. The van der Waals surface area contributed by atoms with Crippen molar-refractivity contribution in [3.63, 3.8) is 0 Å². The second kappa shape index (κ2) is 11.0. The third kappa shape index (κ3) is 7.27. The summed E-state index contributed by atoms with van der Waals surface area (Å²) in [5, 5.41) is 8.53. The van der Waals surface area contributed by atoms with Gasteiger partial charge in [0.05, 0.1) is 24.4 Å². The zero-order chi connectivity index (χ0) is 19.6. The highest BCUT2D eigenvalue weighted by atomic mass is 79.9. The van der Waals surface area contributed by atoms with Crippen LogP contribution in [0.1, 0.15) is 25.0 Å². The summed E-state index contributed by atoms with van der Waals surface area (Å²) in [6.45, 7) is 4.81. The molecule has 2 rings (SSSR count). The van der Waals surface area contributed by atoms with Gasteiger partial charge in [-0.05, 0) is 45.1 Å². The second-order valence-electron chi connectivity index (χ2n) is 6.20. The molecule has 0 aliphatic heterocycles. The molecule has 2 aromatic rings. The molecule has 0 radical (unpaired) electrons. The molecule has 0 bridgehead atoms. The third-order valence-corrected chi connectivity index (χ3v) is 4.85. The molecule has 0 atom stereocenters. The summed E-state index contributed by atoms with van der Waals surface area (Å²) in [5.41, 5.74) is 7.93. The van der Waals surface area contributed by atoms with Crippen molar-refractivity contribution < 1.29 is 9.47 Å². The molecule has 0 heterocycles. The Balaban J connectivity index is 2.01. The van der Waals surface area contributed by atoms with Gasteiger partial charge in [0.25, 0.3) is 0 Å². The highest BCUT2D eigenvalue weighted by Gasteiger charge is 2.11. The van der Waals surface area contributed by atoms with Crippen LogP contribution < -0.4 is 15.2 Å². The minimum atomic E-state index is 0.415. The van der Waals surface area contributed by atoms with Crippen LogP contribution in [0.15, 0.2) is 57.1 Å². The lowest BCUT2D eigenvalue weighted by atomic mass is 10.2. The van der Waals surface area contributed by atoms with E-state index in [2.05, 4.69) is 52.1 Å². The van der Waals surface area contributed by atoms with E-state index in [9.17, 15) is 0 Å². The molecule has 2 aromatic carbocycles. The molecule has 144 valence electrons. The van der Waals surface area contributed by atoms with Gasteiger partial charge in [0.15, 0.2) is 16.7 Å². The Hall–Kier alpha value is -1.99. The average molecular weight is 450 g/mol. The Morgan fingerprint density at radius 1 is 1.26 bits per heavy atom. The van der Waals surface area contributed by atoms with Crippen molar-refractivity contribution in [1.82, 2.24) is 0 Å². The fraction of sp³-hybridized carbons (Fsp3) is 0.300. The topological polar surface area (TPSA) is 69.2 Å². The Kier molecular flexibility index (Phi) is 8.67. The average Bonchev–Trinajstić information content (AvgIpc) is 2.65. The predicted molar refractivity (Wildman–Crippen MR) is 118 cm³/mol. The van der Waals surface area contributed by atoms with Crippen LogP contribution in [0.4, 0.5) is 0 Å². The Labute approximate surface area is 173 Å². The predicted octanol–water partition coefficient (Wildman–Crippen LogP) is 5.07. The number of nitrogens with two attached hydrogens (primary N) is 1. The van der Waals surface area contributed by atoms with Gasteiger partial charge in [0.2, 0.25) is 0 Å². The van der Waals surface area contributed by atoms with Crippen LogP contribution in [-0.2, 0) is 5.75 Å². The summed E-state index contributed by atoms with van der Waals surface area (Å²) < 4.78 is 12.1. The van der Waals surface area contributed by atoms with Gasteiger partial charge in [0, 0.05) is 5.75 Å². The molecule has 0 aliphatic rings. The van der Waals surface area contributed by atoms with E-state index in [1.54, 1.807) is 13.3 Å². The van der Waals surface area contributed by atoms with Crippen molar-refractivity contribution in [3.8, 4) is 11.5 Å². The van der Waals surface area contributed by atoms with E-state index in [0.717, 1.165) is 15.8 Å². The van der Waals surface area contributed by atoms with Crippen LogP contribution >= 0.6 is 27.7 Å². The summed E-state index contributed by atoms with van der Waals surface area (Å²) in [7, 11) is 1.61. The lowest BCUT2D eigenvalue weighted by Gasteiger charge is -2.14. The fourth-order valence-electron chi connectivity index (χ4n) is 2.12. The molecule has 0 fully saturated rings. The van der Waals surface area contributed by atoms with Gasteiger partial charge in [-0.2, -0.15) is 5.10 Å². The van der Waals surface area contributed by atoms with Crippen molar-refractivity contribution in [2.24, 2.45) is 21.9 Å². The number of hydrogen-bond acceptors (Lipinski definition) is 5. The molecule has 7 heteroatoms. The van der Waals surface area contributed by atoms with E-state index < -0.39 is 0 Å². The van der Waals surface area contributed by atoms with E-state index in [4.69, 9.17) is 15.2 Å². The van der Waals surface area contributed by atoms with Gasteiger partial charge < -0.3 is 15.2 Å². The lowest BCUT2D eigenvalue weighted by Crippen LogP contribution is -2.06. The molecule has 27 heavy (non-hydrogen) atoms. The largest absolute Gasteiger partial charge is 0.493 e. The van der Waals surface area contributed by atoms with Gasteiger partial charge in [-0.25, -0.2) is 0 Å². The van der Waals surface area contributed by atoms with Crippen molar-refractivity contribution in [2.75, 3.05) is 13.7 Å². The number of amidine groups is 1. The first-order chi connectivity index (χ1) is 13.0. The van der Waals surface area contributed by atoms with Crippen LogP contribution in [-0.4, -0.2) is 25.1 Å². The van der Waals surface area contributed by atoms with Crippen LogP contribution in [0, 0.1) is 5.92 Å². The number of rotatable bonds is 8. The first kappa shape index (κ1) is 21.3. The lowest BCUT2D eigenvalue weighted by molar-refractivity contribution is 0.255. The van der Waals surface area contributed by atoms with E-state index >= 15 is 0 Å². The van der Waals surface area contributed by atoms with Gasteiger partial charge in [-0.3, -0.25) is 0 Å². The molecular weight excluding hydrogens is 426 g/mol. The van der Waals surface area contributed by atoms with E-state index in [1.807, 2.05) is 30.3 Å². The molecule has 0 aliphatic carbocycles. The summed E-state index contributed by atoms with van der Waals surface area (Å²) >= 11 is 4.98. The SMILES string of the molecule is COc1cc(C=NN=C(N)SCc2ccccc2)cc(Br)c1OCC(C)C. The quantitative estimate of drug-likeness (QED) is 0.346. The van der Waals surface area contributed by atoms with Gasteiger partial charge in [0.1, 0.15) is 0 Å². The molecule has 0 spiro atoms. The standard InChI is InChI=1S/C20H24BrN3O2S/c1-14(2)12-26-19-17(21)9-16(10-18(19)25-3)11-23-24-20(22)27-13-15-7-5-4-6-8-15/h4-11,14H,12-13H2,1-3H3,(H2,22,24). The molecule has 0 aromatic heterocycles. The zero-order valence-corrected chi connectivity index (χ0v) is 18.1. The van der Waals surface area contributed by atoms with Crippen LogP contribution in [0.5, 0.6) is 11.5 Å². The van der Waals surface area contributed by atoms with Gasteiger partial charge >= 0.3 is 0 Å². The zero-order valence-electron chi connectivity index (χ0n) is 15.7. The summed E-state index contributed by atoms with van der Waals surface area (Å²) in [5.74, 6) is 2.51.